The molecule has 2 saturated carbocycles. The van der Waals surface area contributed by atoms with E-state index in [1.807, 2.05) is 6.07 Å². The number of hydrogen-bond donors (Lipinski definition) is 1. The third kappa shape index (κ3) is 3.54. The zero-order valence-electron chi connectivity index (χ0n) is 19.1. The number of methoxy groups -OCH3 is 1. The second-order valence-electron chi connectivity index (χ2n) is 10.3. The molecule has 1 aromatic carbocycles. The lowest BCUT2D eigenvalue weighted by Gasteiger charge is -2.53. The maximum atomic E-state index is 12.7. The number of carbonyl (C=O) groups excluding carboxylic acids is 1. The van der Waals surface area contributed by atoms with Crippen molar-refractivity contribution in [3.8, 4) is 5.75 Å². The molecular weight excluding hydrogens is 378 g/mol. The molecule has 2 aliphatic carbocycles. The van der Waals surface area contributed by atoms with Crippen LogP contribution in [-0.4, -0.2) is 38.4 Å². The molecular formula is C25H37NO4. The normalized spacial score (nSPS) is 34.1. The number of nitrogens with one attached hydrogen (secondary N) is 1. The van der Waals surface area contributed by atoms with E-state index in [9.17, 15) is 4.79 Å². The lowest BCUT2D eigenvalue weighted by atomic mass is 9.58. The van der Waals surface area contributed by atoms with Gasteiger partial charge in [-0.3, -0.25) is 4.79 Å². The maximum absolute atomic E-state index is 12.7. The third-order valence-electron chi connectivity index (χ3n) is 7.93. The van der Waals surface area contributed by atoms with Gasteiger partial charge < -0.3 is 19.5 Å². The van der Waals surface area contributed by atoms with Gasteiger partial charge in [0.15, 0.2) is 0 Å². The highest BCUT2D eigenvalue weighted by molar-refractivity contribution is 5.76. The van der Waals surface area contributed by atoms with Crippen LogP contribution in [-0.2, 0) is 14.3 Å². The first kappa shape index (κ1) is 21.6. The van der Waals surface area contributed by atoms with Crippen molar-refractivity contribution in [2.24, 2.45) is 22.7 Å². The fourth-order valence-electron chi connectivity index (χ4n) is 6.60. The molecule has 2 bridgehead atoms. The highest BCUT2D eigenvalue weighted by Gasteiger charge is 2.68. The van der Waals surface area contributed by atoms with Crippen molar-refractivity contribution in [1.82, 2.24) is 5.32 Å². The lowest BCUT2D eigenvalue weighted by molar-refractivity contribution is -0.138. The van der Waals surface area contributed by atoms with E-state index in [1.165, 1.54) is 6.42 Å². The Morgan fingerprint density at radius 2 is 2.07 bits per heavy atom. The number of ether oxygens (including phenoxy) is 3. The van der Waals surface area contributed by atoms with Crippen molar-refractivity contribution in [3.05, 3.63) is 29.8 Å². The van der Waals surface area contributed by atoms with Crippen molar-refractivity contribution >= 4 is 5.91 Å². The Kier molecular flexibility index (Phi) is 5.88. The van der Waals surface area contributed by atoms with Crippen LogP contribution in [0.1, 0.15) is 65.0 Å². The quantitative estimate of drug-likeness (QED) is 0.712. The molecule has 3 aliphatic rings. The number of rotatable bonds is 7. The Balaban J connectivity index is 1.64. The molecule has 1 aliphatic heterocycles. The smallest absolute Gasteiger partial charge is 0.222 e. The third-order valence-corrected chi connectivity index (χ3v) is 7.93. The minimum absolute atomic E-state index is 0.0215. The largest absolute Gasteiger partial charge is 0.491 e. The number of fused-ring (bicyclic) bond motifs is 1. The van der Waals surface area contributed by atoms with E-state index < -0.39 is 0 Å². The van der Waals surface area contributed by atoms with Crippen LogP contribution >= 0.6 is 0 Å². The monoisotopic (exact) mass is 415 g/mol. The summed E-state index contributed by atoms with van der Waals surface area (Å²) in [6.45, 7) is 9.99. The molecule has 166 valence electrons. The standard InChI is InChI=1S/C25H37NO4/c1-16(2)30-20-9-7-6-8-18(20)22-19-14-17-15-25(19,11-13-29-22)23(24(17,3)4)26-21(27)10-12-28-5/h6-9,16-17,19,22-23H,10-15H2,1-5H3,(H,26,27)/t17-,19-,22-,23+,25?/m1/s1. The van der Waals surface area contributed by atoms with Gasteiger partial charge in [0.25, 0.3) is 0 Å². The molecule has 0 radical (unpaired) electrons. The number of hydrogen-bond acceptors (Lipinski definition) is 4. The van der Waals surface area contributed by atoms with E-state index in [2.05, 4.69) is 51.2 Å². The summed E-state index contributed by atoms with van der Waals surface area (Å²) < 4.78 is 17.7. The Hall–Kier alpha value is -1.59. The molecule has 5 heteroatoms. The molecule has 30 heavy (non-hydrogen) atoms. The van der Waals surface area contributed by atoms with E-state index in [1.54, 1.807) is 7.11 Å². The average Bonchev–Trinajstić information content (AvgIpc) is 3.19. The van der Waals surface area contributed by atoms with Gasteiger partial charge in [0.2, 0.25) is 5.91 Å². The second kappa shape index (κ2) is 8.16. The summed E-state index contributed by atoms with van der Waals surface area (Å²) in [5, 5.41) is 3.44. The summed E-state index contributed by atoms with van der Waals surface area (Å²) in [5.41, 5.74) is 1.34. The Labute approximate surface area is 180 Å². The SMILES string of the molecule is COCCC(=O)N[C@H]1C(C)(C)[C@@H]2C[C@@H]3[C@@H](c4ccccc4OC(C)C)OCCC31C2. The van der Waals surface area contributed by atoms with Crippen LogP contribution in [0.3, 0.4) is 0 Å². The molecule has 1 spiro atoms. The Morgan fingerprint density at radius 1 is 1.30 bits per heavy atom. The van der Waals surface area contributed by atoms with Crippen LogP contribution in [0.15, 0.2) is 24.3 Å². The fraction of sp³-hybridized carbons (Fsp3) is 0.720. The molecule has 1 unspecified atom stereocenters. The van der Waals surface area contributed by atoms with Crippen LogP contribution in [0, 0.1) is 22.7 Å². The van der Waals surface area contributed by atoms with Crippen molar-refractivity contribution in [1.29, 1.82) is 0 Å². The van der Waals surface area contributed by atoms with E-state index >= 15 is 0 Å². The summed E-state index contributed by atoms with van der Waals surface area (Å²) in [6.07, 6.45) is 3.89. The molecule has 4 rings (SSSR count). The zero-order chi connectivity index (χ0) is 21.5. The molecule has 5 atom stereocenters. The van der Waals surface area contributed by atoms with Gasteiger partial charge in [-0.1, -0.05) is 32.0 Å². The predicted octanol–water partition coefficient (Wildman–Crippen LogP) is 4.51. The first-order chi connectivity index (χ1) is 14.3. The van der Waals surface area contributed by atoms with Crippen molar-refractivity contribution in [2.45, 2.75) is 71.6 Å². The maximum Gasteiger partial charge on any atom is 0.222 e. The van der Waals surface area contributed by atoms with Gasteiger partial charge in [-0.05, 0) is 61.8 Å². The van der Waals surface area contributed by atoms with E-state index in [0.29, 0.717) is 24.9 Å². The molecule has 0 aromatic heterocycles. The molecule has 1 amide bonds. The number of para-hydroxylation sites is 1. The van der Waals surface area contributed by atoms with E-state index in [-0.39, 0.29) is 35.0 Å². The van der Waals surface area contributed by atoms with Crippen LogP contribution in [0.4, 0.5) is 0 Å². The highest BCUT2D eigenvalue weighted by Crippen LogP contribution is 2.70. The van der Waals surface area contributed by atoms with E-state index in [4.69, 9.17) is 14.2 Å². The zero-order valence-corrected chi connectivity index (χ0v) is 19.1. The van der Waals surface area contributed by atoms with Gasteiger partial charge in [0.05, 0.1) is 18.8 Å². The minimum Gasteiger partial charge on any atom is -0.491 e. The molecule has 1 saturated heterocycles. The summed E-state index contributed by atoms with van der Waals surface area (Å²) in [4.78, 5) is 12.7. The number of amides is 1. The molecule has 1 aromatic rings. The van der Waals surface area contributed by atoms with Gasteiger partial charge >= 0.3 is 0 Å². The molecule has 3 fully saturated rings. The Morgan fingerprint density at radius 3 is 2.80 bits per heavy atom. The van der Waals surface area contributed by atoms with Crippen LogP contribution in [0.25, 0.3) is 0 Å². The van der Waals surface area contributed by atoms with Crippen LogP contribution in [0.5, 0.6) is 5.75 Å². The highest BCUT2D eigenvalue weighted by atomic mass is 16.5. The summed E-state index contributed by atoms with van der Waals surface area (Å²) >= 11 is 0. The lowest BCUT2D eigenvalue weighted by Crippen LogP contribution is -2.59. The van der Waals surface area contributed by atoms with Crippen molar-refractivity contribution < 1.29 is 19.0 Å². The van der Waals surface area contributed by atoms with Gasteiger partial charge in [-0.2, -0.15) is 0 Å². The summed E-state index contributed by atoms with van der Waals surface area (Å²) in [6, 6.07) is 8.49. The number of carbonyl (C=O) groups is 1. The summed E-state index contributed by atoms with van der Waals surface area (Å²) in [5.74, 6) is 2.02. The summed E-state index contributed by atoms with van der Waals surface area (Å²) in [7, 11) is 1.64. The van der Waals surface area contributed by atoms with Crippen LogP contribution < -0.4 is 10.1 Å². The minimum atomic E-state index is 0.0215. The van der Waals surface area contributed by atoms with Crippen LogP contribution in [0.2, 0.25) is 0 Å². The molecule has 1 heterocycles. The molecule has 5 nitrogen and oxygen atoms in total. The predicted molar refractivity (Wildman–Crippen MR) is 116 cm³/mol. The van der Waals surface area contributed by atoms with Crippen molar-refractivity contribution in [3.63, 3.8) is 0 Å². The fourth-order valence-corrected chi connectivity index (χ4v) is 6.60. The molecule has 1 N–H and O–H groups in total. The topological polar surface area (TPSA) is 56.8 Å². The van der Waals surface area contributed by atoms with Gasteiger partial charge in [0, 0.05) is 31.7 Å². The van der Waals surface area contributed by atoms with Gasteiger partial charge in [0.1, 0.15) is 5.75 Å². The van der Waals surface area contributed by atoms with E-state index in [0.717, 1.165) is 30.8 Å². The van der Waals surface area contributed by atoms with Crippen molar-refractivity contribution in [2.75, 3.05) is 20.3 Å². The first-order valence-electron chi connectivity index (χ1n) is 11.4. The first-order valence-corrected chi connectivity index (χ1v) is 11.4. The second-order valence-corrected chi connectivity index (χ2v) is 10.3. The average molecular weight is 416 g/mol. The van der Waals surface area contributed by atoms with Gasteiger partial charge in [-0.15, -0.1) is 0 Å². The van der Waals surface area contributed by atoms with Gasteiger partial charge in [-0.25, -0.2) is 0 Å². The number of benzene rings is 1. The Bertz CT molecular complexity index is 776.